The molecule has 0 saturated carbocycles. The van der Waals surface area contributed by atoms with Crippen molar-refractivity contribution in [2.45, 2.75) is 0 Å². The molecule has 24 heavy (non-hydrogen) atoms. The van der Waals surface area contributed by atoms with Crippen LogP contribution in [0, 0.1) is 0 Å². The van der Waals surface area contributed by atoms with Gasteiger partial charge in [-0.05, 0) is 42.0 Å². The quantitative estimate of drug-likeness (QED) is 0.651. The van der Waals surface area contributed by atoms with Crippen molar-refractivity contribution in [3.63, 3.8) is 0 Å². The smallest absolute Gasteiger partial charge is 0.0709 e. The van der Waals surface area contributed by atoms with E-state index in [4.69, 9.17) is 0 Å². The Hall–Kier alpha value is -2.84. The van der Waals surface area contributed by atoms with Crippen molar-refractivity contribution in [2.75, 3.05) is 5.32 Å². The summed E-state index contributed by atoms with van der Waals surface area (Å²) in [6.45, 7) is 0. The van der Waals surface area contributed by atoms with Gasteiger partial charge in [0.25, 0.3) is 0 Å². The Bertz CT molecular complexity index is 955. The fourth-order valence-corrected chi connectivity index (χ4v) is 2.66. The van der Waals surface area contributed by atoms with Crippen LogP contribution < -0.4 is 5.32 Å². The molecule has 1 aliphatic heterocycles. The number of aromatic nitrogens is 1. The van der Waals surface area contributed by atoms with Crippen LogP contribution in [-0.4, -0.2) is 4.98 Å². The Labute approximate surface area is 147 Å². The number of fused-ring (bicyclic) bond motifs is 2. The molecule has 118 valence electrons. The largest absolute Gasteiger partial charge is 0.355 e. The summed E-state index contributed by atoms with van der Waals surface area (Å²) in [5.41, 5.74) is 5.40. The van der Waals surface area contributed by atoms with Gasteiger partial charge in [0.05, 0.1) is 11.2 Å². The summed E-state index contributed by atoms with van der Waals surface area (Å²) >= 11 is 0. The van der Waals surface area contributed by atoms with Crippen LogP contribution in [0.5, 0.6) is 0 Å². The van der Waals surface area contributed by atoms with Gasteiger partial charge in [0, 0.05) is 16.8 Å². The summed E-state index contributed by atoms with van der Waals surface area (Å²) in [5, 5.41) is 4.58. The van der Waals surface area contributed by atoms with E-state index in [1.807, 2.05) is 48.6 Å². The normalized spacial score (nSPS) is 14.4. The van der Waals surface area contributed by atoms with Crippen LogP contribution in [0.25, 0.3) is 23.1 Å². The van der Waals surface area contributed by atoms with E-state index in [0.717, 1.165) is 28.0 Å². The van der Waals surface area contributed by atoms with Gasteiger partial charge >= 0.3 is 0 Å². The lowest BCUT2D eigenvalue weighted by atomic mass is 10.1. The number of pyridine rings is 1. The summed E-state index contributed by atoms with van der Waals surface area (Å²) < 4.78 is 0. The number of nitrogens with one attached hydrogen (secondary N) is 1. The number of hydrogen-bond donors (Lipinski definition) is 1. The first-order chi connectivity index (χ1) is 11.4. The third kappa shape index (κ3) is 3.39. The number of rotatable bonds is 2. The number of benzene rings is 2. The van der Waals surface area contributed by atoms with Crippen LogP contribution in [0.2, 0.25) is 0 Å². The molecule has 1 aliphatic rings. The van der Waals surface area contributed by atoms with E-state index in [0.29, 0.717) is 0 Å². The van der Waals surface area contributed by atoms with E-state index in [1.165, 1.54) is 5.56 Å². The van der Waals surface area contributed by atoms with Gasteiger partial charge in [-0.3, -0.25) is 0 Å². The maximum absolute atomic E-state index is 4.64. The zero-order chi connectivity index (χ0) is 15.5. The maximum Gasteiger partial charge on any atom is 0.0709 e. The monoisotopic (exact) mass is 332 g/mol. The molecular formula is C21H17ClN2. The van der Waals surface area contributed by atoms with E-state index in [2.05, 4.69) is 52.8 Å². The molecule has 1 aromatic heterocycles. The molecule has 0 radical (unpaired) electrons. The second-order valence-electron chi connectivity index (χ2n) is 5.46. The lowest BCUT2D eigenvalue weighted by Crippen LogP contribution is -2.02. The van der Waals surface area contributed by atoms with E-state index in [-0.39, 0.29) is 12.4 Å². The van der Waals surface area contributed by atoms with Crippen molar-refractivity contribution >= 4 is 41.1 Å². The Kier molecular flexibility index (Phi) is 4.78. The number of allylic oxidation sites excluding steroid dienone is 3. The average Bonchev–Trinajstić information content (AvgIpc) is 2.61. The lowest BCUT2D eigenvalue weighted by molar-refractivity contribution is 1.37. The summed E-state index contributed by atoms with van der Waals surface area (Å²) in [6.07, 6.45) is 10.3. The van der Waals surface area contributed by atoms with Gasteiger partial charge in [0.1, 0.15) is 0 Å². The SMILES string of the molecule is C(=Cc1ccc2ccccc2n1)C=C1C=Cc2ccccc2N1.Cl. The lowest BCUT2D eigenvalue weighted by Gasteiger charge is -2.14. The molecule has 0 aliphatic carbocycles. The third-order valence-electron chi connectivity index (χ3n) is 3.84. The molecule has 1 N–H and O–H groups in total. The zero-order valence-electron chi connectivity index (χ0n) is 13.0. The van der Waals surface area contributed by atoms with Crippen LogP contribution >= 0.6 is 12.4 Å². The van der Waals surface area contributed by atoms with Crippen LogP contribution in [0.4, 0.5) is 5.69 Å². The highest BCUT2D eigenvalue weighted by atomic mass is 35.5. The number of anilines is 1. The van der Waals surface area contributed by atoms with Crippen LogP contribution in [0.1, 0.15) is 11.3 Å². The minimum atomic E-state index is 0. The Morgan fingerprint density at radius 1 is 0.833 bits per heavy atom. The van der Waals surface area contributed by atoms with E-state index >= 15 is 0 Å². The average molecular weight is 333 g/mol. The minimum Gasteiger partial charge on any atom is -0.355 e. The molecule has 2 nitrogen and oxygen atoms in total. The highest BCUT2D eigenvalue weighted by Gasteiger charge is 2.04. The van der Waals surface area contributed by atoms with Crippen LogP contribution in [0.15, 0.2) is 84.6 Å². The van der Waals surface area contributed by atoms with E-state index < -0.39 is 0 Å². The highest BCUT2D eigenvalue weighted by molar-refractivity contribution is 5.85. The van der Waals surface area contributed by atoms with Crippen LogP contribution in [0.3, 0.4) is 0 Å². The van der Waals surface area contributed by atoms with E-state index in [1.54, 1.807) is 0 Å². The zero-order valence-corrected chi connectivity index (χ0v) is 13.8. The predicted molar refractivity (Wildman–Crippen MR) is 105 cm³/mol. The van der Waals surface area contributed by atoms with Gasteiger partial charge < -0.3 is 5.32 Å². The third-order valence-corrected chi connectivity index (χ3v) is 3.84. The predicted octanol–water partition coefficient (Wildman–Crippen LogP) is 5.69. The fourth-order valence-electron chi connectivity index (χ4n) is 2.66. The molecule has 0 amide bonds. The fraction of sp³-hybridized carbons (Fsp3) is 0. The van der Waals surface area contributed by atoms with Crippen molar-refractivity contribution in [3.8, 4) is 0 Å². The first-order valence-corrected chi connectivity index (χ1v) is 7.67. The summed E-state index contributed by atoms with van der Waals surface area (Å²) in [6, 6.07) is 20.6. The molecular weight excluding hydrogens is 316 g/mol. The Morgan fingerprint density at radius 2 is 1.67 bits per heavy atom. The number of halogens is 1. The highest BCUT2D eigenvalue weighted by Crippen LogP contribution is 2.23. The van der Waals surface area contributed by atoms with Crippen molar-refractivity contribution in [2.24, 2.45) is 0 Å². The number of hydrogen-bond acceptors (Lipinski definition) is 2. The summed E-state index contributed by atoms with van der Waals surface area (Å²) in [7, 11) is 0. The first-order valence-electron chi connectivity index (χ1n) is 7.67. The van der Waals surface area contributed by atoms with Gasteiger partial charge in [-0.2, -0.15) is 0 Å². The van der Waals surface area contributed by atoms with Gasteiger partial charge in [-0.25, -0.2) is 4.98 Å². The molecule has 0 atom stereocenters. The second-order valence-corrected chi connectivity index (χ2v) is 5.46. The number of para-hydroxylation sites is 2. The van der Waals surface area contributed by atoms with E-state index in [9.17, 15) is 0 Å². The molecule has 3 heteroatoms. The Balaban J connectivity index is 0.00000169. The molecule has 4 rings (SSSR count). The van der Waals surface area contributed by atoms with Crippen molar-refractivity contribution in [3.05, 3.63) is 95.8 Å². The van der Waals surface area contributed by atoms with Crippen molar-refractivity contribution in [1.29, 1.82) is 0 Å². The summed E-state index contributed by atoms with van der Waals surface area (Å²) in [5.74, 6) is 0. The van der Waals surface area contributed by atoms with Crippen molar-refractivity contribution < 1.29 is 0 Å². The molecule has 0 bridgehead atoms. The van der Waals surface area contributed by atoms with Gasteiger partial charge in [0.15, 0.2) is 0 Å². The second kappa shape index (κ2) is 7.16. The molecule has 2 aromatic carbocycles. The molecule has 3 aromatic rings. The Morgan fingerprint density at radius 3 is 2.62 bits per heavy atom. The first kappa shape index (κ1) is 16.0. The van der Waals surface area contributed by atoms with Gasteiger partial charge in [-0.15, -0.1) is 12.4 Å². The molecule has 0 spiro atoms. The topological polar surface area (TPSA) is 24.9 Å². The number of nitrogens with zero attached hydrogens (tertiary/aromatic N) is 1. The minimum absolute atomic E-state index is 0. The van der Waals surface area contributed by atoms with Gasteiger partial charge in [-0.1, -0.05) is 54.6 Å². The van der Waals surface area contributed by atoms with Gasteiger partial charge in [0.2, 0.25) is 0 Å². The standard InChI is InChI=1S/C21H16N2.ClH/c1-3-10-20-16(6-1)12-14-18(22-20)8-5-9-19-15-13-17-7-2-4-11-21(17)23-19;/h1-15,22H;1H. The molecule has 0 saturated heterocycles. The van der Waals surface area contributed by atoms with Crippen molar-refractivity contribution in [1.82, 2.24) is 4.98 Å². The molecule has 2 heterocycles. The van der Waals surface area contributed by atoms with Crippen LogP contribution in [-0.2, 0) is 0 Å². The summed E-state index contributed by atoms with van der Waals surface area (Å²) in [4.78, 5) is 4.64. The molecule has 0 unspecified atom stereocenters. The maximum atomic E-state index is 4.64. The molecule has 0 fully saturated rings.